The molecule has 2 heterocycles. The standard InChI is InChI=1S/C19H29N3O2/c1-15-5-6-22(18(11-15)13-20)19(23)17-4-2-3-16(12-17)14-21-7-9-24-10-8-21/h2-4,12,15,18H,5-11,13-14,20H2,1H3. The monoisotopic (exact) mass is 331 g/mol. The number of piperidine rings is 1. The Bertz CT molecular complexity index is 557. The van der Waals surface area contributed by atoms with Crippen LogP contribution in [0, 0.1) is 5.92 Å². The Morgan fingerprint density at radius 2 is 2.08 bits per heavy atom. The zero-order chi connectivity index (χ0) is 16.9. The topological polar surface area (TPSA) is 58.8 Å². The van der Waals surface area contributed by atoms with Gasteiger partial charge in [0.15, 0.2) is 0 Å². The Kier molecular flexibility index (Phi) is 5.87. The van der Waals surface area contributed by atoms with Crippen LogP contribution in [0.1, 0.15) is 35.7 Å². The molecule has 2 aliphatic heterocycles. The summed E-state index contributed by atoms with van der Waals surface area (Å²) in [7, 11) is 0. The summed E-state index contributed by atoms with van der Waals surface area (Å²) in [5.74, 6) is 0.774. The average Bonchev–Trinajstić information content (AvgIpc) is 2.62. The van der Waals surface area contributed by atoms with E-state index >= 15 is 0 Å². The van der Waals surface area contributed by atoms with Gasteiger partial charge in [-0.25, -0.2) is 0 Å². The number of rotatable bonds is 4. The lowest BCUT2D eigenvalue weighted by Gasteiger charge is -2.38. The molecule has 5 heteroatoms. The first-order valence-corrected chi connectivity index (χ1v) is 9.07. The summed E-state index contributed by atoms with van der Waals surface area (Å²) in [6.07, 6.45) is 2.07. The second-order valence-corrected chi connectivity index (χ2v) is 7.11. The zero-order valence-corrected chi connectivity index (χ0v) is 14.6. The smallest absolute Gasteiger partial charge is 0.254 e. The molecule has 3 rings (SSSR count). The highest BCUT2D eigenvalue weighted by atomic mass is 16.5. The second kappa shape index (κ2) is 8.10. The maximum atomic E-state index is 13.0. The number of ether oxygens (including phenoxy) is 1. The van der Waals surface area contributed by atoms with Gasteiger partial charge >= 0.3 is 0 Å². The molecule has 1 aromatic carbocycles. The van der Waals surface area contributed by atoms with Crippen LogP contribution in [0.25, 0.3) is 0 Å². The third-order valence-corrected chi connectivity index (χ3v) is 5.19. The molecule has 24 heavy (non-hydrogen) atoms. The van der Waals surface area contributed by atoms with Gasteiger partial charge in [0.1, 0.15) is 0 Å². The van der Waals surface area contributed by atoms with E-state index in [1.165, 1.54) is 5.56 Å². The predicted molar refractivity (Wildman–Crippen MR) is 94.8 cm³/mol. The largest absolute Gasteiger partial charge is 0.379 e. The molecule has 0 aromatic heterocycles. The van der Waals surface area contributed by atoms with Crippen molar-refractivity contribution in [3.05, 3.63) is 35.4 Å². The molecule has 132 valence electrons. The van der Waals surface area contributed by atoms with Crippen molar-refractivity contribution >= 4 is 5.91 Å². The van der Waals surface area contributed by atoms with Crippen LogP contribution in [0.3, 0.4) is 0 Å². The lowest BCUT2D eigenvalue weighted by Crippen LogP contribution is -2.49. The van der Waals surface area contributed by atoms with E-state index in [9.17, 15) is 4.79 Å². The molecule has 0 bridgehead atoms. The number of carbonyl (C=O) groups excluding carboxylic acids is 1. The van der Waals surface area contributed by atoms with Gasteiger partial charge in [0.25, 0.3) is 5.91 Å². The molecule has 1 amide bonds. The van der Waals surface area contributed by atoms with Gasteiger partial charge < -0.3 is 15.4 Å². The molecule has 5 nitrogen and oxygen atoms in total. The van der Waals surface area contributed by atoms with E-state index in [1.807, 2.05) is 23.1 Å². The average molecular weight is 331 g/mol. The number of amides is 1. The molecule has 2 N–H and O–H groups in total. The van der Waals surface area contributed by atoms with Crippen LogP contribution in [0.5, 0.6) is 0 Å². The third-order valence-electron chi connectivity index (χ3n) is 5.19. The maximum absolute atomic E-state index is 13.0. The van der Waals surface area contributed by atoms with Crippen LogP contribution in [-0.4, -0.2) is 61.1 Å². The summed E-state index contributed by atoms with van der Waals surface area (Å²) in [6.45, 7) is 7.98. The minimum atomic E-state index is 0.126. The van der Waals surface area contributed by atoms with Crippen molar-refractivity contribution in [3.63, 3.8) is 0 Å². The van der Waals surface area contributed by atoms with Crippen LogP contribution in [0.15, 0.2) is 24.3 Å². The van der Waals surface area contributed by atoms with E-state index in [1.54, 1.807) is 0 Å². The molecular formula is C19H29N3O2. The number of nitrogens with two attached hydrogens (primary N) is 1. The number of benzene rings is 1. The van der Waals surface area contributed by atoms with E-state index < -0.39 is 0 Å². The summed E-state index contributed by atoms with van der Waals surface area (Å²) >= 11 is 0. The lowest BCUT2D eigenvalue weighted by molar-refractivity contribution is 0.0341. The number of hydrogen-bond acceptors (Lipinski definition) is 4. The number of carbonyl (C=O) groups is 1. The molecule has 2 atom stereocenters. The van der Waals surface area contributed by atoms with Crippen molar-refractivity contribution in [1.82, 2.24) is 9.80 Å². The molecule has 0 aliphatic carbocycles. The number of likely N-dealkylation sites (tertiary alicyclic amines) is 1. The van der Waals surface area contributed by atoms with E-state index in [0.717, 1.165) is 57.8 Å². The van der Waals surface area contributed by atoms with Crippen LogP contribution >= 0.6 is 0 Å². The first-order chi connectivity index (χ1) is 11.7. The fourth-order valence-corrected chi connectivity index (χ4v) is 3.73. The van der Waals surface area contributed by atoms with Gasteiger partial charge in [-0.2, -0.15) is 0 Å². The van der Waals surface area contributed by atoms with Gasteiger partial charge in [-0.05, 0) is 36.5 Å². The van der Waals surface area contributed by atoms with Crippen LogP contribution in [0.2, 0.25) is 0 Å². The van der Waals surface area contributed by atoms with E-state index in [-0.39, 0.29) is 11.9 Å². The van der Waals surface area contributed by atoms with Crippen molar-refractivity contribution in [1.29, 1.82) is 0 Å². The van der Waals surface area contributed by atoms with Crippen LogP contribution in [-0.2, 0) is 11.3 Å². The molecule has 0 spiro atoms. The Balaban J connectivity index is 1.69. The first-order valence-electron chi connectivity index (χ1n) is 9.07. The molecule has 0 radical (unpaired) electrons. The quantitative estimate of drug-likeness (QED) is 0.913. The summed E-state index contributed by atoms with van der Waals surface area (Å²) in [5, 5.41) is 0. The van der Waals surface area contributed by atoms with Crippen LogP contribution in [0.4, 0.5) is 0 Å². The highest BCUT2D eigenvalue weighted by Crippen LogP contribution is 2.24. The molecule has 2 fully saturated rings. The van der Waals surface area contributed by atoms with Gasteiger partial charge in [-0.3, -0.25) is 9.69 Å². The Morgan fingerprint density at radius 3 is 2.83 bits per heavy atom. The fraction of sp³-hybridized carbons (Fsp3) is 0.632. The van der Waals surface area contributed by atoms with Gasteiger partial charge in [0.2, 0.25) is 0 Å². The lowest BCUT2D eigenvalue weighted by atomic mass is 9.91. The van der Waals surface area contributed by atoms with E-state index in [0.29, 0.717) is 12.5 Å². The molecule has 2 saturated heterocycles. The van der Waals surface area contributed by atoms with Crippen molar-refractivity contribution in [2.24, 2.45) is 11.7 Å². The summed E-state index contributed by atoms with van der Waals surface area (Å²) < 4.78 is 5.40. The summed E-state index contributed by atoms with van der Waals surface area (Å²) in [6, 6.07) is 8.24. The van der Waals surface area contributed by atoms with Gasteiger partial charge in [-0.1, -0.05) is 19.1 Å². The second-order valence-electron chi connectivity index (χ2n) is 7.11. The van der Waals surface area contributed by atoms with Gasteiger partial charge in [-0.15, -0.1) is 0 Å². The Hall–Kier alpha value is -1.43. The minimum absolute atomic E-state index is 0.126. The molecular weight excluding hydrogens is 302 g/mol. The normalized spacial score (nSPS) is 25.7. The zero-order valence-electron chi connectivity index (χ0n) is 14.6. The van der Waals surface area contributed by atoms with Gasteiger partial charge in [0, 0.05) is 44.3 Å². The van der Waals surface area contributed by atoms with Crippen molar-refractivity contribution in [3.8, 4) is 0 Å². The summed E-state index contributed by atoms with van der Waals surface area (Å²) in [4.78, 5) is 17.3. The van der Waals surface area contributed by atoms with Crippen molar-refractivity contribution in [2.75, 3.05) is 39.4 Å². The maximum Gasteiger partial charge on any atom is 0.254 e. The summed E-state index contributed by atoms with van der Waals surface area (Å²) in [5.41, 5.74) is 7.89. The van der Waals surface area contributed by atoms with E-state index in [4.69, 9.17) is 10.5 Å². The van der Waals surface area contributed by atoms with Crippen LogP contribution < -0.4 is 5.73 Å². The molecule has 2 aliphatic rings. The SMILES string of the molecule is CC1CCN(C(=O)c2cccc(CN3CCOCC3)c2)C(CN)C1. The Morgan fingerprint density at radius 1 is 1.29 bits per heavy atom. The first kappa shape index (κ1) is 17.4. The number of nitrogens with zero attached hydrogens (tertiary/aromatic N) is 2. The highest BCUT2D eigenvalue weighted by Gasteiger charge is 2.29. The van der Waals surface area contributed by atoms with Gasteiger partial charge in [0.05, 0.1) is 13.2 Å². The highest BCUT2D eigenvalue weighted by molar-refractivity contribution is 5.94. The number of morpholine rings is 1. The minimum Gasteiger partial charge on any atom is -0.379 e. The molecule has 2 unspecified atom stereocenters. The predicted octanol–water partition coefficient (Wildman–Crippen LogP) is 1.72. The molecule has 1 aromatic rings. The van der Waals surface area contributed by atoms with Crippen molar-refractivity contribution < 1.29 is 9.53 Å². The fourth-order valence-electron chi connectivity index (χ4n) is 3.73. The van der Waals surface area contributed by atoms with Crippen molar-refractivity contribution in [2.45, 2.75) is 32.4 Å². The molecule has 0 saturated carbocycles. The third kappa shape index (κ3) is 4.15. The number of hydrogen-bond donors (Lipinski definition) is 1. The van der Waals surface area contributed by atoms with E-state index in [2.05, 4.69) is 17.9 Å². The Labute approximate surface area is 144 Å².